The quantitative estimate of drug-likeness (QED) is 0.354. The van der Waals surface area contributed by atoms with Crippen LogP contribution in [0.1, 0.15) is 24.2 Å². The van der Waals surface area contributed by atoms with Crippen molar-refractivity contribution in [3.8, 4) is 0 Å². The summed E-state index contributed by atoms with van der Waals surface area (Å²) in [6.07, 6.45) is 4.32. The molecule has 1 heterocycles. The van der Waals surface area contributed by atoms with Gasteiger partial charge in [-0.15, -0.1) is 0 Å². The fraction of sp³-hybridized carbons (Fsp3) is 0.308. The smallest absolute Gasteiger partial charge is 0.253 e. The third-order valence-electron chi connectivity index (χ3n) is 2.85. The summed E-state index contributed by atoms with van der Waals surface area (Å²) in [5.74, 6) is -0.377. The van der Waals surface area contributed by atoms with Gasteiger partial charge < -0.3 is 10.5 Å². The number of nitrogens with zero attached hydrogens (tertiary/aromatic N) is 3. The highest BCUT2D eigenvalue weighted by Gasteiger charge is 2.16. The molecule has 0 bridgehead atoms. The number of nitro groups is 1. The van der Waals surface area contributed by atoms with E-state index < -0.39 is 11.0 Å². The molecular formula is C13H16N4O4. The number of carbonyl (C=O) groups is 1. The third kappa shape index (κ3) is 5.01. The Morgan fingerprint density at radius 1 is 1.67 bits per heavy atom. The van der Waals surface area contributed by atoms with Crippen molar-refractivity contribution in [3.63, 3.8) is 0 Å². The van der Waals surface area contributed by atoms with Crippen molar-refractivity contribution in [2.24, 2.45) is 5.16 Å². The highest BCUT2D eigenvalue weighted by atomic mass is 16.6. The Morgan fingerprint density at radius 2 is 2.38 bits per heavy atom. The summed E-state index contributed by atoms with van der Waals surface area (Å²) in [4.78, 5) is 25.8. The van der Waals surface area contributed by atoms with Crippen LogP contribution < -0.4 is 5.32 Å². The second-order valence-electron chi connectivity index (χ2n) is 4.37. The molecule has 0 spiro atoms. The summed E-state index contributed by atoms with van der Waals surface area (Å²) in [6.45, 7) is 2.93. The molecular weight excluding hydrogens is 276 g/mol. The van der Waals surface area contributed by atoms with E-state index >= 15 is 0 Å². The van der Waals surface area contributed by atoms with Crippen LogP contribution >= 0.6 is 0 Å². The molecule has 112 valence electrons. The molecule has 0 fully saturated rings. The van der Waals surface area contributed by atoms with Crippen LogP contribution in [-0.4, -0.2) is 39.3 Å². The first kappa shape index (κ1) is 16.3. The molecule has 8 heteroatoms. The Kier molecular flexibility index (Phi) is 5.99. The summed E-state index contributed by atoms with van der Waals surface area (Å²) in [5.41, 5.74) is 0.913. The summed E-state index contributed by atoms with van der Waals surface area (Å²) in [6, 6.07) is 2.32. The van der Waals surface area contributed by atoms with Gasteiger partial charge in [0.2, 0.25) is 6.04 Å². The number of hydrogen-bond acceptors (Lipinski definition) is 6. The normalized spacial score (nSPS) is 13.6. The van der Waals surface area contributed by atoms with Gasteiger partial charge in [-0.1, -0.05) is 5.16 Å². The lowest BCUT2D eigenvalue weighted by molar-refractivity contribution is -0.507. The number of carbonyl (C=O) groups excluding carboxylic acids is 1. The highest BCUT2D eigenvalue weighted by Crippen LogP contribution is 2.04. The molecule has 8 nitrogen and oxygen atoms in total. The predicted octanol–water partition coefficient (Wildman–Crippen LogP) is 1.25. The molecule has 1 amide bonds. The van der Waals surface area contributed by atoms with Crippen LogP contribution in [0.15, 0.2) is 41.3 Å². The number of pyridine rings is 1. The van der Waals surface area contributed by atoms with Gasteiger partial charge in [0.05, 0.1) is 17.8 Å². The van der Waals surface area contributed by atoms with E-state index in [1.807, 2.05) is 0 Å². The lowest BCUT2D eigenvalue weighted by Crippen LogP contribution is -2.29. The number of amides is 1. The maximum Gasteiger partial charge on any atom is 0.253 e. The standard InChI is InChI=1S/C13H16N4O4/c1-9(10(2)17(20)21)6-12(16-19)8-15-13(18)11-4-3-5-14-7-11/h3-7,10,19H,8H2,1-2H3,(H,15,18). The minimum atomic E-state index is -0.893. The second-order valence-corrected chi connectivity index (χ2v) is 4.37. The van der Waals surface area contributed by atoms with Crippen molar-refractivity contribution in [1.29, 1.82) is 0 Å². The van der Waals surface area contributed by atoms with Gasteiger partial charge >= 0.3 is 0 Å². The summed E-state index contributed by atoms with van der Waals surface area (Å²) < 4.78 is 0. The van der Waals surface area contributed by atoms with E-state index in [1.165, 1.54) is 19.2 Å². The summed E-state index contributed by atoms with van der Waals surface area (Å²) in [7, 11) is 0. The minimum Gasteiger partial charge on any atom is -0.411 e. The minimum absolute atomic E-state index is 0.0496. The molecule has 1 atom stereocenters. The van der Waals surface area contributed by atoms with E-state index in [4.69, 9.17) is 5.21 Å². The number of rotatable bonds is 6. The number of hydrogen-bond donors (Lipinski definition) is 2. The van der Waals surface area contributed by atoms with E-state index in [9.17, 15) is 14.9 Å². The first-order valence-corrected chi connectivity index (χ1v) is 6.16. The molecule has 0 aliphatic rings. The summed E-state index contributed by atoms with van der Waals surface area (Å²) in [5, 5.41) is 25.1. The first-order chi connectivity index (χ1) is 9.95. The average molecular weight is 292 g/mol. The molecule has 0 radical (unpaired) electrons. The van der Waals surface area contributed by atoms with Crippen LogP contribution in [0.3, 0.4) is 0 Å². The Hall–Kier alpha value is -2.77. The van der Waals surface area contributed by atoms with Gasteiger partial charge in [0, 0.05) is 29.8 Å². The van der Waals surface area contributed by atoms with Crippen LogP contribution in [0.4, 0.5) is 0 Å². The first-order valence-electron chi connectivity index (χ1n) is 6.16. The molecule has 2 N–H and O–H groups in total. The van der Waals surface area contributed by atoms with E-state index in [0.29, 0.717) is 11.1 Å². The van der Waals surface area contributed by atoms with E-state index in [-0.39, 0.29) is 18.2 Å². The van der Waals surface area contributed by atoms with Gasteiger partial charge in [0.25, 0.3) is 5.91 Å². The van der Waals surface area contributed by atoms with Crippen LogP contribution in [0, 0.1) is 10.1 Å². The van der Waals surface area contributed by atoms with Crippen LogP contribution in [0.2, 0.25) is 0 Å². The maximum absolute atomic E-state index is 11.8. The van der Waals surface area contributed by atoms with Gasteiger partial charge in [0.15, 0.2) is 0 Å². The van der Waals surface area contributed by atoms with Gasteiger partial charge in [-0.05, 0) is 25.1 Å². The topological polar surface area (TPSA) is 118 Å². The molecule has 0 aliphatic carbocycles. The molecule has 0 aromatic carbocycles. The van der Waals surface area contributed by atoms with Crippen LogP contribution in [0.25, 0.3) is 0 Å². The number of aromatic nitrogens is 1. The largest absolute Gasteiger partial charge is 0.411 e. The van der Waals surface area contributed by atoms with E-state index in [2.05, 4.69) is 15.5 Å². The summed E-state index contributed by atoms with van der Waals surface area (Å²) >= 11 is 0. The molecule has 1 rings (SSSR count). The molecule has 1 unspecified atom stereocenters. The van der Waals surface area contributed by atoms with Gasteiger partial charge in [-0.25, -0.2) is 0 Å². The van der Waals surface area contributed by atoms with Crippen molar-refractivity contribution in [2.75, 3.05) is 6.54 Å². The zero-order chi connectivity index (χ0) is 15.8. The number of nitrogens with one attached hydrogen (secondary N) is 1. The Bertz CT molecular complexity index is 569. The zero-order valence-electron chi connectivity index (χ0n) is 11.7. The van der Waals surface area contributed by atoms with E-state index in [0.717, 1.165) is 0 Å². The zero-order valence-corrected chi connectivity index (χ0v) is 11.7. The monoisotopic (exact) mass is 292 g/mol. The van der Waals surface area contributed by atoms with Crippen LogP contribution in [-0.2, 0) is 0 Å². The molecule has 0 saturated carbocycles. The second kappa shape index (κ2) is 7.73. The molecule has 0 saturated heterocycles. The van der Waals surface area contributed by atoms with Gasteiger partial charge in [-0.3, -0.25) is 19.9 Å². The maximum atomic E-state index is 11.8. The Morgan fingerprint density at radius 3 is 2.90 bits per heavy atom. The molecule has 1 aromatic heterocycles. The highest BCUT2D eigenvalue weighted by molar-refractivity contribution is 6.01. The third-order valence-corrected chi connectivity index (χ3v) is 2.85. The number of oxime groups is 1. The van der Waals surface area contributed by atoms with Gasteiger partial charge in [-0.2, -0.15) is 0 Å². The lowest BCUT2D eigenvalue weighted by atomic mass is 10.1. The van der Waals surface area contributed by atoms with Crippen molar-refractivity contribution in [3.05, 3.63) is 51.9 Å². The predicted molar refractivity (Wildman–Crippen MR) is 76.0 cm³/mol. The molecule has 1 aromatic rings. The van der Waals surface area contributed by atoms with Crippen molar-refractivity contribution >= 4 is 11.6 Å². The fourth-order valence-electron chi connectivity index (χ4n) is 1.43. The Balaban J connectivity index is 2.66. The fourth-order valence-corrected chi connectivity index (χ4v) is 1.43. The Labute approximate surface area is 121 Å². The van der Waals surface area contributed by atoms with Gasteiger partial charge in [0.1, 0.15) is 0 Å². The van der Waals surface area contributed by atoms with Crippen molar-refractivity contribution in [2.45, 2.75) is 19.9 Å². The van der Waals surface area contributed by atoms with E-state index in [1.54, 1.807) is 25.3 Å². The van der Waals surface area contributed by atoms with Crippen molar-refractivity contribution in [1.82, 2.24) is 10.3 Å². The van der Waals surface area contributed by atoms with Crippen molar-refractivity contribution < 1.29 is 14.9 Å². The lowest BCUT2D eigenvalue weighted by Gasteiger charge is -2.06. The average Bonchev–Trinajstić information content (AvgIpc) is 2.50. The molecule has 0 aliphatic heterocycles. The van der Waals surface area contributed by atoms with Crippen LogP contribution in [0.5, 0.6) is 0 Å². The molecule has 21 heavy (non-hydrogen) atoms. The SMILES string of the molecule is CC(=CC(CNC(=O)c1cccnc1)=NO)C(C)[N+](=O)[O-].